The van der Waals surface area contributed by atoms with E-state index in [1.807, 2.05) is 48.5 Å². The topological polar surface area (TPSA) is 193 Å². The zero-order valence-electron chi connectivity index (χ0n) is 24.5. The predicted octanol–water partition coefficient (Wildman–Crippen LogP) is 3.93. The highest BCUT2D eigenvalue weighted by atomic mass is 16.6. The Kier molecular flexibility index (Phi) is 11.4. The molecule has 0 saturated carbocycles. The molecule has 14 heteroatoms. The number of fused-ring (bicyclic) bond motifs is 3. The van der Waals surface area contributed by atoms with Crippen molar-refractivity contribution in [3.8, 4) is 11.1 Å². The highest BCUT2D eigenvalue weighted by Gasteiger charge is 2.30. The third kappa shape index (κ3) is 8.66. The number of nitrogens with one attached hydrogen (secondary N) is 2. The number of carboxylic acids is 1. The molecular formula is C32H31N3O11. The van der Waals surface area contributed by atoms with Crippen LogP contribution in [0.4, 0.5) is 15.3 Å². The molecule has 0 unspecified atom stereocenters. The van der Waals surface area contributed by atoms with Crippen molar-refractivity contribution in [1.82, 2.24) is 10.6 Å². The van der Waals surface area contributed by atoms with Crippen molar-refractivity contribution in [2.24, 2.45) is 0 Å². The van der Waals surface area contributed by atoms with E-state index >= 15 is 0 Å². The van der Waals surface area contributed by atoms with Crippen molar-refractivity contribution in [3.63, 3.8) is 0 Å². The van der Waals surface area contributed by atoms with Crippen LogP contribution in [0.2, 0.25) is 0 Å². The van der Waals surface area contributed by atoms with Gasteiger partial charge >= 0.3 is 24.1 Å². The van der Waals surface area contributed by atoms with Crippen molar-refractivity contribution >= 4 is 29.8 Å². The number of alkyl carbamates (subject to hydrolysis) is 2. The lowest BCUT2D eigenvalue weighted by molar-refractivity contribution is -0.384. The lowest BCUT2D eigenvalue weighted by atomic mass is 9.98. The molecular weight excluding hydrogens is 602 g/mol. The molecule has 0 radical (unpaired) electrons. The number of amides is 2. The van der Waals surface area contributed by atoms with E-state index in [4.69, 9.17) is 18.9 Å². The van der Waals surface area contributed by atoms with Gasteiger partial charge in [0, 0.05) is 18.1 Å². The summed E-state index contributed by atoms with van der Waals surface area (Å²) in [6, 6.07) is 17.8. The standard InChI is InChI=1S/C32H31N3O11/c1-2-15-44-30(38)28(34-32(40)45-16-20-11-13-21(14-12-20)35(41)42)19-43-18-27(29(36)37)33-31(39)46-17-26-24-9-5-3-7-22(24)23-8-4-6-10-25(23)26/h2-14,26-28H,1,15-19H2,(H,33,39)(H,34,40)(H,36,37)/t27-,28+/m0/s1. The summed E-state index contributed by atoms with van der Waals surface area (Å²) in [5, 5.41) is 25.0. The van der Waals surface area contributed by atoms with Crippen LogP contribution in [0.15, 0.2) is 85.5 Å². The molecule has 0 aromatic heterocycles. The Bertz CT molecular complexity index is 1550. The number of esters is 1. The lowest BCUT2D eigenvalue weighted by Gasteiger charge is -2.20. The number of carboxylic acid groups (broad SMARTS) is 1. The minimum Gasteiger partial charge on any atom is -0.480 e. The molecule has 0 saturated heterocycles. The van der Waals surface area contributed by atoms with Crippen LogP contribution in [0.25, 0.3) is 11.1 Å². The van der Waals surface area contributed by atoms with Gasteiger partial charge in [-0.15, -0.1) is 0 Å². The minimum absolute atomic E-state index is 0.0316. The Morgan fingerprint density at radius 1 is 0.848 bits per heavy atom. The van der Waals surface area contributed by atoms with Gasteiger partial charge in [-0.25, -0.2) is 19.2 Å². The highest BCUT2D eigenvalue weighted by Crippen LogP contribution is 2.44. The molecule has 46 heavy (non-hydrogen) atoms. The predicted molar refractivity (Wildman–Crippen MR) is 162 cm³/mol. The van der Waals surface area contributed by atoms with Crippen molar-refractivity contribution in [2.75, 3.05) is 26.4 Å². The van der Waals surface area contributed by atoms with E-state index in [-0.39, 0.29) is 31.4 Å². The number of non-ortho nitro benzene ring substituents is 1. The summed E-state index contributed by atoms with van der Waals surface area (Å²) in [5.41, 5.74) is 4.36. The number of ether oxygens (including phenoxy) is 4. The molecule has 2 amide bonds. The van der Waals surface area contributed by atoms with E-state index in [1.54, 1.807) is 0 Å². The molecule has 240 valence electrons. The Labute approximate surface area is 263 Å². The smallest absolute Gasteiger partial charge is 0.408 e. The molecule has 3 aromatic rings. The average Bonchev–Trinajstić information content (AvgIpc) is 3.37. The molecule has 1 aliphatic carbocycles. The van der Waals surface area contributed by atoms with Gasteiger partial charge in [-0.3, -0.25) is 10.1 Å². The van der Waals surface area contributed by atoms with Crippen LogP contribution < -0.4 is 10.6 Å². The van der Waals surface area contributed by atoms with Gasteiger partial charge in [0.05, 0.1) is 18.1 Å². The molecule has 0 heterocycles. The summed E-state index contributed by atoms with van der Waals surface area (Å²) in [6.45, 7) is 1.88. The van der Waals surface area contributed by atoms with Crippen LogP contribution in [0, 0.1) is 10.1 Å². The second-order valence-corrected chi connectivity index (χ2v) is 10.0. The van der Waals surface area contributed by atoms with E-state index in [9.17, 15) is 34.4 Å². The summed E-state index contributed by atoms with van der Waals surface area (Å²) >= 11 is 0. The number of nitro groups is 1. The van der Waals surface area contributed by atoms with Gasteiger partial charge in [-0.05, 0) is 39.9 Å². The molecule has 2 atom stereocenters. The first-order valence-electron chi connectivity index (χ1n) is 14.0. The van der Waals surface area contributed by atoms with Crippen LogP contribution in [0.1, 0.15) is 22.6 Å². The third-order valence-electron chi connectivity index (χ3n) is 6.94. The van der Waals surface area contributed by atoms with Gasteiger partial charge in [-0.2, -0.15) is 0 Å². The van der Waals surface area contributed by atoms with E-state index in [0.717, 1.165) is 22.3 Å². The van der Waals surface area contributed by atoms with Crippen molar-refractivity contribution in [3.05, 3.63) is 112 Å². The maximum Gasteiger partial charge on any atom is 0.408 e. The van der Waals surface area contributed by atoms with Gasteiger partial charge < -0.3 is 34.7 Å². The number of rotatable bonds is 15. The SMILES string of the molecule is C=CCOC(=O)[C@@H](COC[C@H](NC(=O)OCC1c2ccccc2-c2ccccc21)C(=O)O)NC(=O)OCc1ccc([N+](=O)[O-])cc1. The number of carbonyl (C=O) groups is 4. The number of nitrogens with zero attached hydrogens (tertiary/aromatic N) is 1. The fraction of sp³-hybridized carbons (Fsp3) is 0.250. The zero-order valence-corrected chi connectivity index (χ0v) is 24.5. The summed E-state index contributed by atoms with van der Waals surface area (Å²) in [6.07, 6.45) is -0.705. The Balaban J connectivity index is 1.29. The first kappa shape index (κ1) is 33.1. The van der Waals surface area contributed by atoms with Crippen molar-refractivity contribution in [1.29, 1.82) is 0 Å². The number of benzene rings is 3. The normalized spacial score (nSPS) is 12.9. The van der Waals surface area contributed by atoms with Gasteiger partial charge in [0.1, 0.15) is 19.8 Å². The summed E-state index contributed by atoms with van der Waals surface area (Å²) in [4.78, 5) is 59.6. The van der Waals surface area contributed by atoms with Gasteiger partial charge in [0.25, 0.3) is 5.69 Å². The van der Waals surface area contributed by atoms with Crippen LogP contribution >= 0.6 is 0 Å². The molecule has 0 bridgehead atoms. The van der Waals surface area contributed by atoms with Crippen LogP contribution in [-0.2, 0) is 35.1 Å². The first-order chi connectivity index (χ1) is 22.2. The fourth-order valence-electron chi connectivity index (χ4n) is 4.72. The lowest BCUT2D eigenvalue weighted by Crippen LogP contribution is -2.48. The van der Waals surface area contributed by atoms with Crippen LogP contribution in [-0.4, -0.2) is 72.7 Å². The average molecular weight is 634 g/mol. The quantitative estimate of drug-likeness (QED) is 0.0722. The van der Waals surface area contributed by atoms with Crippen LogP contribution in [0.5, 0.6) is 0 Å². The molecule has 1 aliphatic rings. The monoisotopic (exact) mass is 633 g/mol. The fourth-order valence-corrected chi connectivity index (χ4v) is 4.72. The summed E-state index contributed by atoms with van der Waals surface area (Å²) in [5.74, 6) is -2.57. The van der Waals surface area contributed by atoms with Crippen LogP contribution in [0.3, 0.4) is 0 Å². The summed E-state index contributed by atoms with van der Waals surface area (Å²) in [7, 11) is 0. The van der Waals surface area contributed by atoms with Gasteiger partial charge in [0.15, 0.2) is 12.1 Å². The van der Waals surface area contributed by atoms with Gasteiger partial charge in [-0.1, -0.05) is 61.2 Å². The van der Waals surface area contributed by atoms with Crippen molar-refractivity contribution < 1.29 is 48.2 Å². The van der Waals surface area contributed by atoms with E-state index in [1.165, 1.54) is 30.3 Å². The zero-order chi connectivity index (χ0) is 33.1. The first-order valence-corrected chi connectivity index (χ1v) is 14.0. The largest absolute Gasteiger partial charge is 0.480 e. The Morgan fingerprint density at radius 3 is 2.00 bits per heavy atom. The number of hydrogen-bond acceptors (Lipinski definition) is 10. The van der Waals surface area contributed by atoms with Gasteiger partial charge in [0.2, 0.25) is 0 Å². The Morgan fingerprint density at radius 2 is 1.41 bits per heavy atom. The highest BCUT2D eigenvalue weighted by molar-refractivity contribution is 5.82. The molecule has 3 N–H and O–H groups in total. The molecule has 14 nitrogen and oxygen atoms in total. The van der Waals surface area contributed by atoms with E-state index < -0.39 is 54.3 Å². The molecule has 3 aromatic carbocycles. The molecule has 0 aliphatic heterocycles. The number of hydrogen-bond donors (Lipinski definition) is 3. The van der Waals surface area contributed by atoms with E-state index in [0.29, 0.717) is 5.56 Å². The number of carbonyl (C=O) groups excluding carboxylic acids is 3. The minimum atomic E-state index is -1.55. The second kappa shape index (κ2) is 15.8. The second-order valence-electron chi connectivity index (χ2n) is 10.0. The maximum atomic E-state index is 12.6. The number of aliphatic carboxylic acids is 1. The maximum absolute atomic E-state index is 12.6. The number of nitro benzene ring substituents is 1. The Hall–Kier alpha value is -5.76. The molecule has 0 spiro atoms. The summed E-state index contributed by atoms with van der Waals surface area (Å²) < 4.78 is 20.8. The molecule has 0 fully saturated rings. The van der Waals surface area contributed by atoms with E-state index in [2.05, 4.69) is 17.2 Å². The molecule has 4 rings (SSSR count). The van der Waals surface area contributed by atoms with Crippen molar-refractivity contribution in [2.45, 2.75) is 24.6 Å². The third-order valence-corrected chi connectivity index (χ3v) is 6.94.